The Kier molecular flexibility index (Phi) is 5.35. The minimum atomic E-state index is 0.351. The SMILES string of the molecule is CCCNC(Cc1nccs1)c1ccc(Br)cc1. The first kappa shape index (κ1) is 13.7. The number of hydrogen-bond donors (Lipinski definition) is 1. The average Bonchev–Trinajstić information content (AvgIpc) is 2.88. The average molecular weight is 325 g/mol. The van der Waals surface area contributed by atoms with Gasteiger partial charge in [-0.2, -0.15) is 0 Å². The van der Waals surface area contributed by atoms with Gasteiger partial charge in [0.05, 0.1) is 5.01 Å². The van der Waals surface area contributed by atoms with Gasteiger partial charge in [-0.05, 0) is 30.7 Å². The van der Waals surface area contributed by atoms with Crippen LogP contribution < -0.4 is 5.32 Å². The number of halogens is 1. The molecule has 0 aliphatic heterocycles. The van der Waals surface area contributed by atoms with Gasteiger partial charge in [-0.3, -0.25) is 0 Å². The van der Waals surface area contributed by atoms with Crippen molar-refractivity contribution in [1.82, 2.24) is 10.3 Å². The van der Waals surface area contributed by atoms with Crippen LogP contribution in [-0.4, -0.2) is 11.5 Å². The molecule has 18 heavy (non-hydrogen) atoms. The second-order valence-electron chi connectivity index (χ2n) is 4.19. The van der Waals surface area contributed by atoms with Crippen molar-refractivity contribution in [2.45, 2.75) is 25.8 Å². The topological polar surface area (TPSA) is 24.9 Å². The van der Waals surface area contributed by atoms with Crippen molar-refractivity contribution in [2.24, 2.45) is 0 Å². The van der Waals surface area contributed by atoms with Crippen LogP contribution in [0.3, 0.4) is 0 Å². The predicted molar refractivity (Wildman–Crippen MR) is 81.0 cm³/mol. The second kappa shape index (κ2) is 7.02. The molecule has 0 aliphatic carbocycles. The van der Waals surface area contributed by atoms with Gasteiger partial charge in [-0.15, -0.1) is 11.3 Å². The van der Waals surface area contributed by atoms with Crippen LogP contribution in [0.1, 0.15) is 30.0 Å². The van der Waals surface area contributed by atoms with Crippen molar-refractivity contribution in [3.8, 4) is 0 Å². The Balaban J connectivity index is 2.11. The van der Waals surface area contributed by atoms with E-state index >= 15 is 0 Å². The van der Waals surface area contributed by atoms with Crippen LogP contribution in [0, 0.1) is 0 Å². The summed E-state index contributed by atoms with van der Waals surface area (Å²) in [6, 6.07) is 8.88. The Hall–Kier alpha value is -0.710. The zero-order valence-electron chi connectivity index (χ0n) is 10.4. The van der Waals surface area contributed by atoms with Crippen LogP contribution in [-0.2, 0) is 6.42 Å². The van der Waals surface area contributed by atoms with E-state index in [-0.39, 0.29) is 0 Å². The third kappa shape index (κ3) is 3.90. The largest absolute Gasteiger partial charge is 0.310 e. The Morgan fingerprint density at radius 3 is 2.72 bits per heavy atom. The fourth-order valence-electron chi connectivity index (χ4n) is 1.85. The standard InChI is InChI=1S/C14H17BrN2S/c1-2-7-16-13(10-14-17-8-9-18-14)11-3-5-12(15)6-4-11/h3-6,8-9,13,16H,2,7,10H2,1H3. The lowest BCUT2D eigenvalue weighted by Crippen LogP contribution is -2.24. The van der Waals surface area contributed by atoms with Crippen LogP contribution in [0.5, 0.6) is 0 Å². The van der Waals surface area contributed by atoms with Crippen molar-refractivity contribution in [2.75, 3.05) is 6.54 Å². The number of nitrogens with one attached hydrogen (secondary N) is 1. The van der Waals surface area contributed by atoms with Gasteiger partial charge in [0.2, 0.25) is 0 Å². The maximum absolute atomic E-state index is 4.38. The van der Waals surface area contributed by atoms with Crippen molar-refractivity contribution in [3.05, 3.63) is 50.9 Å². The Morgan fingerprint density at radius 2 is 2.11 bits per heavy atom. The highest BCUT2D eigenvalue weighted by atomic mass is 79.9. The number of rotatable bonds is 6. The molecular formula is C14H17BrN2S. The molecule has 0 saturated heterocycles. The van der Waals surface area contributed by atoms with Gasteiger partial charge in [0, 0.05) is 28.5 Å². The fourth-order valence-corrected chi connectivity index (χ4v) is 2.78. The summed E-state index contributed by atoms with van der Waals surface area (Å²) in [5.74, 6) is 0. The lowest BCUT2D eigenvalue weighted by molar-refractivity contribution is 0.528. The van der Waals surface area contributed by atoms with E-state index in [2.05, 4.69) is 57.4 Å². The van der Waals surface area contributed by atoms with Crippen molar-refractivity contribution in [3.63, 3.8) is 0 Å². The van der Waals surface area contributed by atoms with E-state index in [4.69, 9.17) is 0 Å². The molecule has 4 heteroatoms. The quantitative estimate of drug-likeness (QED) is 0.861. The van der Waals surface area contributed by atoms with E-state index in [1.54, 1.807) is 11.3 Å². The summed E-state index contributed by atoms with van der Waals surface area (Å²) in [4.78, 5) is 4.38. The highest BCUT2D eigenvalue weighted by molar-refractivity contribution is 9.10. The van der Waals surface area contributed by atoms with Crippen LogP contribution in [0.2, 0.25) is 0 Å². The van der Waals surface area contributed by atoms with E-state index < -0.39 is 0 Å². The van der Waals surface area contributed by atoms with Crippen molar-refractivity contribution >= 4 is 27.3 Å². The highest BCUT2D eigenvalue weighted by Crippen LogP contribution is 2.21. The molecule has 1 atom stereocenters. The molecule has 0 saturated carbocycles. The smallest absolute Gasteiger partial charge is 0.0943 e. The van der Waals surface area contributed by atoms with Gasteiger partial charge in [0.1, 0.15) is 0 Å². The Bertz CT molecular complexity index is 453. The molecule has 0 spiro atoms. The van der Waals surface area contributed by atoms with Gasteiger partial charge in [-0.1, -0.05) is 35.0 Å². The third-order valence-electron chi connectivity index (χ3n) is 2.78. The summed E-state index contributed by atoms with van der Waals surface area (Å²) >= 11 is 5.20. The number of thiazole rings is 1. The summed E-state index contributed by atoms with van der Waals surface area (Å²) in [6.45, 7) is 3.22. The molecular weight excluding hydrogens is 308 g/mol. The van der Waals surface area contributed by atoms with Gasteiger partial charge < -0.3 is 5.32 Å². The maximum Gasteiger partial charge on any atom is 0.0943 e. The van der Waals surface area contributed by atoms with E-state index in [1.807, 2.05) is 11.6 Å². The molecule has 1 aromatic carbocycles. The number of hydrogen-bond acceptors (Lipinski definition) is 3. The molecule has 96 valence electrons. The van der Waals surface area contributed by atoms with E-state index in [9.17, 15) is 0 Å². The van der Waals surface area contributed by atoms with E-state index in [0.717, 1.165) is 23.9 Å². The second-order valence-corrected chi connectivity index (χ2v) is 6.08. The lowest BCUT2D eigenvalue weighted by Gasteiger charge is -2.18. The summed E-state index contributed by atoms with van der Waals surface area (Å²) in [5.41, 5.74) is 1.32. The molecule has 1 unspecified atom stereocenters. The number of benzene rings is 1. The summed E-state index contributed by atoms with van der Waals surface area (Å²) < 4.78 is 1.12. The summed E-state index contributed by atoms with van der Waals surface area (Å²) in [6.07, 6.45) is 3.97. The Labute approximate surface area is 121 Å². The zero-order valence-corrected chi connectivity index (χ0v) is 12.8. The molecule has 2 aromatic rings. The van der Waals surface area contributed by atoms with Crippen molar-refractivity contribution in [1.29, 1.82) is 0 Å². The molecule has 2 nitrogen and oxygen atoms in total. The molecule has 1 heterocycles. The number of nitrogens with zero attached hydrogens (tertiary/aromatic N) is 1. The fraction of sp³-hybridized carbons (Fsp3) is 0.357. The minimum Gasteiger partial charge on any atom is -0.310 e. The lowest BCUT2D eigenvalue weighted by atomic mass is 10.0. The Morgan fingerprint density at radius 1 is 1.33 bits per heavy atom. The van der Waals surface area contributed by atoms with Gasteiger partial charge in [0.25, 0.3) is 0 Å². The molecule has 0 radical (unpaired) electrons. The molecule has 2 rings (SSSR count). The molecule has 1 aromatic heterocycles. The van der Waals surface area contributed by atoms with E-state index in [1.165, 1.54) is 10.6 Å². The normalized spacial score (nSPS) is 12.6. The zero-order chi connectivity index (χ0) is 12.8. The monoisotopic (exact) mass is 324 g/mol. The number of aromatic nitrogens is 1. The maximum atomic E-state index is 4.38. The predicted octanol–water partition coefficient (Wildman–Crippen LogP) is 4.19. The van der Waals surface area contributed by atoms with Crippen molar-refractivity contribution < 1.29 is 0 Å². The third-order valence-corrected chi connectivity index (χ3v) is 4.11. The molecule has 0 bridgehead atoms. The summed E-state index contributed by atoms with van der Waals surface area (Å²) in [7, 11) is 0. The van der Waals surface area contributed by atoms with Gasteiger partial charge in [-0.25, -0.2) is 4.98 Å². The van der Waals surface area contributed by atoms with E-state index in [0.29, 0.717) is 6.04 Å². The van der Waals surface area contributed by atoms with Crippen LogP contribution in [0.25, 0.3) is 0 Å². The molecule has 1 N–H and O–H groups in total. The molecule has 0 amide bonds. The van der Waals surface area contributed by atoms with Gasteiger partial charge in [0.15, 0.2) is 0 Å². The molecule has 0 fully saturated rings. The first-order chi connectivity index (χ1) is 8.79. The summed E-state index contributed by atoms with van der Waals surface area (Å²) in [5, 5.41) is 6.82. The first-order valence-corrected chi connectivity index (χ1v) is 7.84. The van der Waals surface area contributed by atoms with Crippen LogP contribution in [0.15, 0.2) is 40.3 Å². The minimum absolute atomic E-state index is 0.351. The highest BCUT2D eigenvalue weighted by Gasteiger charge is 2.12. The first-order valence-electron chi connectivity index (χ1n) is 6.17. The van der Waals surface area contributed by atoms with Crippen LogP contribution >= 0.6 is 27.3 Å². The molecule has 0 aliphatic rings. The van der Waals surface area contributed by atoms with Gasteiger partial charge >= 0.3 is 0 Å². The van der Waals surface area contributed by atoms with Crippen LogP contribution in [0.4, 0.5) is 0 Å².